The third kappa shape index (κ3) is 9.28. The Morgan fingerprint density at radius 1 is 1.16 bits per heavy atom. The highest BCUT2D eigenvalue weighted by atomic mass is 127. The van der Waals surface area contributed by atoms with Crippen LogP contribution in [0.1, 0.15) is 28.4 Å². The Bertz CT molecular complexity index is 890. The summed E-state index contributed by atoms with van der Waals surface area (Å²) in [5, 5.41) is 6.15. The van der Waals surface area contributed by atoms with Crippen molar-refractivity contribution in [1.29, 1.82) is 0 Å². The van der Waals surface area contributed by atoms with Crippen molar-refractivity contribution < 1.29 is 22.7 Å². The van der Waals surface area contributed by atoms with E-state index in [1.165, 1.54) is 11.1 Å². The lowest BCUT2D eigenvalue weighted by atomic mass is 10.1. The van der Waals surface area contributed by atoms with Crippen LogP contribution < -0.4 is 15.4 Å². The molecule has 0 saturated carbocycles. The normalized spacial score (nSPS) is 11.4. The molecule has 11 heteroatoms. The van der Waals surface area contributed by atoms with E-state index < -0.39 is 12.8 Å². The number of alkyl halides is 3. The lowest BCUT2D eigenvalue weighted by Crippen LogP contribution is -2.37. The second kappa shape index (κ2) is 13.1. The molecule has 32 heavy (non-hydrogen) atoms. The Morgan fingerprint density at radius 3 is 2.44 bits per heavy atom. The first-order valence-electron chi connectivity index (χ1n) is 9.66. The number of rotatable bonds is 8. The van der Waals surface area contributed by atoms with Crippen molar-refractivity contribution in [2.75, 3.05) is 27.2 Å². The van der Waals surface area contributed by atoms with Gasteiger partial charge in [0.2, 0.25) is 5.88 Å². The quantitative estimate of drug-likeness (QED) is 0.291. The number of carbonyl (C=O) groups excluding carboxylic acids is 1. The number of nitrogens with one attached hydrogen (secondary N) is 2. The number of benzene rings is 1. The zero-order valence-corrected chi connectivity index (χ0v) is 20.4. The number of guanidine groups is 1. The molecule has 176 valence electrons. The van der Waals surface area contributed by atoms with Crippen LogP contribution in [0.4, 0.5) is 13.2 Å². The van der Waals surface area contributed by atoms with Crippen LogP contribution in [0.2, 0.25) is 0 Å². The van der Waals surface area contributed by atoms with Crippen molar-refractivity contribution in [1.82, 2.24) is 20.5 Å². The SMILES string of the molecule is CCNC(=NCc1ccc(C(=O)N(C)C)cc1)NCc1cccnc1OCC(F)(F)F.I. The molecule has 0 radical (unpaired) electrons. The Labute approximate surface area is 202 Å². The molecule has 2 N–H and O–H groups in total. The minimum Gasteiger partial charge on any atom is -0.468 e. The van der Waals surface area contributed by atoms with Gasteiger partial charge in [-0.2, -0.15) is 13.2 Å². The van der Waals surface area contributed by atoms with Gasteiger partial charge in [-0.15, -0.1) is 24.0 Å². The molecular weight excluding hydrogens is 538 g/mol. The molecule has 0 aliphatic carbocycles. The number of aliphatic imine (C=N–C) groups is 1. The molecule has 0 unspecified atom stereocenters. The lowest BCUT2D eigenvalue weighted by Gasteiger charge is -2.14. The van der Waals surface area contributed by atoms with E-state index in [4.69, 9.17) is 4.74 Å². The van der Waals surface area contributed by atoms with Crippen molar-refractivity contribution in [3.05, 3.63) is 59.3 Å². The Balaban J connectivity index is 0.00000512. The van der Waals surface area contributed by atoms with Crippen LogP contribution in [0.5, 0.6) is 5.88 Å². The summed E-state index contributed by atoms with van der Waals surface area (Å²) in [5.41, 5.74) is 1.97. The summed E-state index contributed by atoms with van der Waals surface area (Å²) >= 11 is 0. The fourth-order valence-electron chi connectivity index (χ4n) is 2.54. The van der Waals surface area contributed by atoms with E-state index in [0.717, 1.165) is 5.56 Å². The summed E-state index contributed by atoms with van der Waals surface area (Å²) in [7, 11) is 3.38. The van der Waals surface area contributed by atoms with Gasteiger partial charge in [-0.05, 0) is 30.7 Å². The second-order valence-corrected chi connectivity index (χ2v) is 6.82. The molecule has 0 saturated heterocycles. The largest absolute Gasteiger partial charge is 0.468 e. The van der Waals surface area contributed by atoms with Gasteiger partial charge >= 0.3 is 6.18 Å². The van der Waals surface area contributed by atoms with E-state index in [2.05, 4.69) is 20.6 Å². The number of hydrogen-bond acceptors (Lipinski definition) is 4. The average molecular weight is 565 g/mol. The van der Waals surface area contributed by atoms with Crippen LogP contribution in [0.15, 0.2) is 47.6 Å². The van der Waals surface area contributed by atoms with E-state index in [0.29, 0.717) is 30.2 Å². The van der Waals surface area contributed by atoms with Crippen LogP contribution in [0, 0.1) is 0 Å². The molecule has 1 aromatic heterocycles. The molecule has 0 spiro atoms. The Morgan fingerprint density at radius 2 is 1.84 bits per heavy atom. The van der Waals surface area contributed by atoms with Gasteiger partial charge in [0.05, 0.1) is 6.54 Å². The van der Waals surface area contributed by atoms with E-state index >= 15 is 0 Å². The minimum atomic E-state index is -4.44. The number of aromatic nitrogens is 1. The molecule has 2 aromatic rings. The molecule has 0 aliphatic rings. The molecule has 2 rings (SSSR count). The number of halogens is 4. The molecule has 0 bridgehead atoms. The van der Waals surface area contributed by atoms with Gasteiger partial charge in [0.1, 0.15) is 0 Å². The topological polar surface area (TPSA) is 78.9 Å². The van der Waals surface area contributed by atoms with E-state index in [1.807, 2.05) is 19.1 Å². The van der Waals surface area contributed by atoms with E-state index in [-0.39, 0.29) is 42.3 Å². The van der Waals surface area contributed by atoms with Crippen molar-refractivity contribution in [3.63, 3.8) is 0 Å². The van der Waals surface area contributed by atoms with Crippen molar-refractivity contribution >= 4 is 35.8 Å². The summed E-state index contributed by atoms with van der Waals surface area (Å²) in [6, 6.07) is 10.4. The molecule has 0 fully saturated rings. The minimum absolute atomic E-state index is 0. The smallest absolute Gasteiger partial charge is 0.422 e. The van der Waals surface area contributed by atoms with Gasteiger partial charge in [0.15, 0.2) is 12.6 Å². The van der Waals surface area contributed by atoms with Gasteiger partial charge in [-0.3, -0.25) is 4.79 Å². The van der Waals surface area contributed by atoms with E-state index in [9.17, 15) is 18.0 Å². The maximum absolute atomic E-state index is 12.4. The maximum atomic E-state index is 12.4. The standard InChI is InChI=1S/C21H26F3N5O2.HI/c1-4-25-20(27-12-15-7-9-16(10-8-15)19(30)29(2)3)28-13-17-6-5-11-26-18(17)31-14-21(22,23)24;/h5-11H,4,12-14H2,1-3H3,(H2,25,27,28);1H. The fraction of sp³-hybridized carbons (Fsp3) is 0.381. The zero-order valence-electron chi connectivity index (χ0n) is 18.1. The predicted octanol–water partition coefficient (Wildman–Crippen LogP) is 3.60. The van der Waals surface area contributed by atoms with Crippen molar-refractivity contribution in [3.8, 4) is 5.88 Å². The highest BCUT2D eigenvalue weighted by molar-refractivity contribution is 14.0. The fourth-order valence-corrected chi connectivity index (χ4v) is 2.54. The summed E-state index contributed by atoms with van der Waals surface area (Å²) in [5.74, 6) is 0.330. The van der Waals surface area contributed by atoms with Crippen molar-refractivity contribution in [2.45, 2.75) is 26.2 Å². The third-order valence-corrected chi connectivity index (χ3v) is 4.04. The van der Waals surface area contributed by atoms with Gasteiger partial charge in [-0.25, -0.2) is 9.98 Å². The first-order valence-corrected chi connectivity index (χ1v) is 9.66. The van der Waals surface area contributed by atoms with Crippen LogP contribution in [0.3, 0.4) is 0 Å². The van der Waals surface area contributed by atoms with Crippen LogP contribution >= 0.6 is 24.0 Å². The summed E-state index contributed by atoms with van der Waals surface area (Å²) in [6.07, 6.45) is -3.06. The predicted molar refractivity (Wildman–Crippen MR) is 127 cm³/mol. The molecule has 1 aromatic carbocycles. The summed E-state index contributed by atoms with van der Waals surface area (Å²) < 4.78 is 42.1. The molecule has 1 heterocycles. The number of carbonyl (C=O) groups is 1. The van der Waals surface area contributed by atoms with Gasteiger partial charge < -0.3 is 20.3 Å². The van der Waals surface area contributed by atoms with Crippen LogP contribution in [-0.2, 0) is 13.1 Å². The highest BCUT2D eigenvalue weighted by Crippen LogP contribution is 2.19. The van der Waals surface area contributed by atoms with Crippen molar-refractivity contribution in [2.24, 2.45) is 4.99 Å². The number of nitrogens with zero attached hydrogens (tertiary/aromatic N) is 3. The Hall–Kier alpha value is -2.57. The second-order valence-electron chi connectivity index (χ2n) is 6.82. The average Bonchev–Trinajstić information content (AvgIpc) is 2.74. The van der Waals surface area contributed by atoms with Gasteiger partial charge in [0, 0.05) is 44.5 Å². The Kier molecular flexibility index (Phi) is 11.2. The summed E-state index contributed by atoms with van der Waals surface area (Å²) in [6.45, 7) is 1.64. The first-order chi connectivity index (χ1) is 14.7. The molecule has 0 atom stereocenters. The molecular formula is C21H27F3IN5O2. The maximum Gasteiger partial charge on any atom is 0.422 e. The van der Waals surface area contributed by atoms with Crippen LogP contribution in [0.25, 0.3) is 0 Å². The zero-order chi connectivity index (χ0) is 22.9. The molecule has 1 amide bonds. The first kappa shape index (κ1) is 27.5. The number of ether oxygens (including phenoxy) is 1. The number of hydrogen-bond donors (Lipinski definition) is 2. The molecule has 7 nitrogen and oxygen atoms in total. The lowest BCUT2D eigenvalue weighted by molar-refractivity contribution is -0.154. The molecule has 0 aliphatic heterocycles. The van der Waals surface area contributed by atoms with E-state index in [1.54, 1.807) is 38.4 Å². The van der Waals surface area contributed by atoms with Crippen LogP contribution in [-0.4, -0.2) is 55.2 Å². The summed E-state index contributed by atoms with van der Waals surface area (Å²) in [4.78, 5) is 21.8. The highest BCUT2D eigenvalue weighted by Gasteiger charge is 2.29. The number of amides is 1. The monoisotopic (exact) mass is 565 g/mol. The van der Waals surface area contributed by atoms with Gasteiger partial charge in [0.25, 0.3) is 5.91 Å². The number of pyridine rings is 1. The third-order valence-electron chi connectivity index (χ3n) is 4.04. The van der Waals surface area contributed by atoms with Gasteiger partial charge in [-0.1, -0.05) is 18.2 Å².